The van der Waals surface area contributed by atoms with E-state index in [2.05, 4.69) is 0 Å². The van der Waals surface area contributed by atoms with Crippen LogP contribution in [0.4, 0.5) is 11.4 Å². The second-order valence-electron chi connectivity index (χ2n) is 2.34. The zero-order valence-electron chi connectivity index (χ0n) is 6.19. The molecule has 0 saturated carbocycles. The summed E-state index contributed by atoms with van der Waals surface area (Å²) in [5, 5.41) is 4.86. The molecule has 0 aliphatic rings. The molecule has 0 bridgehead atoms. The van der Waals surface area contributed by atoms with Crippen molar-refractivity contribution in [1.82, 2.24) is 0 Å². The smallest absolute Gasteiger partial charge is 0.240 e. The standard InChI is InChI=1S/C6H9N3O2S/c7-4-1-2-6(5(8)3-4)12(9,10)11/h1-3H,7-8H2,(H2,9,10,11). The SMILES string of the molecule is Nc1ccc(S(N)(=O)=O)c(N)c1. The van der Waals surface area contributed by atoms with Crippen LogP contribution in [0.2, 0.25) is 0 Å². The van der Waals surface area contributed by atoms with Gasteiger partial charge in [-0.05, 0) is 18.2 Å². The highest BCUT2D eigenvalue weighted by Crippen LogP contribution is 2.18. The molecule has 0 spiro atoms. The van der Waals surface area contributed by atoms with Crippen LogP contribution >= 0.6 is 0 Å². The van der Waals surface area contributed by atoms with Crippen LogP contribution in [-0.2, 0) is 10.0 Å². The summed E-state index contributed by atoms with van der Waals surface area (Å²) in [6, 6.07) is 4.05. The third-order valence-electron chi connectivity index (χ3n) is 1.34. The van der Waals surface area contributed by atoms with E-state index in [4.69, 9.17) is 16.6 Å². The topological polar surface area (TPSA) is 112 Å². The van der Waals surface area contributed by atoms with Crippen LogP contribution in [0.25, 0.3) is 0 Å². The third kappa shape index (κ3) is 1.66. The van der Waals surface area contributed by atoms with Crippen molar-refractivity contribution < 1.29 is 8.42 Å². The predicted molar refractivity (Wildman–Crippen MR) is 46.6 cm³/mol. The highest BCUT2D eigenvalue weighted by atomic mass is 32.2. The number of rotatable bonds is 1. The lowest BCUT2D eigenvalue weighted by Crippen LogP contribution is -2.14. The van der Waals surface area contributed by atoms with Gasteiger partial charge in [-0.25, -0.2) is 13.6 Å². The number of benzene rings is 1. The van der Waals surface area contributed by atoms with Crippen molar-refractivity contribution in [3.05, 3.63) is 18.2 Å². The summed E-state index contributed by atoms with van der Waals surface area (Å²) in [6.07, 6.45) is 0. The molecule has 0 heterocycles. The van der Waals surface area contributed by atoms with Crippen LogP contribution in [0.3, 0.4) is 0 Å². The highest BCUT2D eigenvalue weighted by molar-refractivity contribution is 7.89. The van der Waals surface area contributed by atoms with E-state index >= 15 is 0 Å². The summed E-state index contributed by atoms with van der Waals surface area (Å²) in [6.45, 7) is 0. The molecule has 0 aliphatic heterocycles. The van der Waals surface area contributed by atoms with Crippen LogP contribution in [0.1, 0.15) is 0 Å². The van der Waals surface area contributed by atoms with Crippen molar-refractivity contribution in [2.24, 2.45) is 5.14 Å². The lowest BCUT2D eigenvalue weighted by atomic mass is 10.3. The Morgan fingerprint density at radius 2 is 1.75 bits per heavy atom. The van der Waals surface area contributed by atoms with E-state index in [9.17, 15) is 8.42 Å². The van der Waals surface area contributed by atoms with Crippen molar-refractivity contribution in [1.29, 1.82) is 0 Å². The molecule has 0 fully saturated rings. The van der Waals surface area contributed by atoms with Crippen molar-refractivity contribution in [2.75, 3.05) is 11.5 Å². The Kier molecular flexibility index (Phi) is 1.95. The van der Waals surface area contributed by atoms with E-state index in [1.165, 1.54) is 18.2 Å². The Morgan fingerprint density at radius 1 is 1.17 bits per heavy atom. The van der Waals surface area contributed by atoms with Crippen LogP contribution in [0.15, 0.2) is 23.1 Å². The van der Waals surface area contributed by atoms with Gasteiger partial charge < -0.3 is 11.5 Å². The lowest BCUT2D eigenvalue weighted by Gasteiger charge is -2.02. The van der Waals surface area contributed by atoms with E-state index in [-0.39, 0.29) is 10.6 Å². The molecule has 1 aromatic rings. The fraction of sp³-hybridized carbons (Fsp3) is 0. The highest BCUT2D eigenvalue weighted by Gasteiger charge is 2.10. The average Bonchev–Trinajstić information content (AvgIpc) is 1.83. The Bertz CT molecular complexity index is 399. The van der Waals surface area contributed by atoms with Crippen LogP contribution in [-0.4, -0.2) is 8.42 Å². The molecule has 6 heteroatoms. The monoisotopic (exact) mass is 187 g/mol. The second kappa shape index (κ2) is 2.65. The first-order chi connectivity index (χ1) is 5.41. The summed E-state index contributed by atoms with van der Waals surface area (Å²) >= 11 is 0. The molecule has 0 atom stereocenters. The quantitative estimate of drug-likeness (QED) is 0.514. The maximum Gasteiger partial charge on any atom is 0.240 e. The van der Waals surface area contributed by atoms with Gasteiger partial charge in [-0.3, -0.25) is 0 Å². The number of hydrogen-bond donors (Lipinski definition) is 3. The zero-order chi connectivity index (χ0) is 9.35. The molecular formula is C6H9N3O2S. The van der Waals surface area contributed by atoms with Crippen molar-refractivity contribution in [2.45, 2.75) is 4.90 Å². The molecule has 0 amide bonds. The fourth-order valence-corrected chi connectivity index (χ4v) is 1.47. The van der Waals surface area contributed by atoms with Gasteiger partial charge in [0.2, 0.25) is 10.0 Å². The van der Waals surface area contributed by atoms with Gasteiger partial charge in [0, 0.05) is 5.69 Å². The normalized spacial score (nSPS) is 11.4. The fourth-order valence-electron chi connectivity index (χ4n) is 0.826. The van der Waals surface area contributed by atoms with Crippen molar-refractivity contribution in [3.63, 3.8) is 0 Å². The Hall–Kier alpha value is -1.27. The van der Waals surface area contributed by atoms with E-state index in [1.54, 1.807) is 0 Å². The number of primary sulfonamides is 1. The number of anilines is 2. The van der Waals surface area contributed by atoms with Crippen LogP contribution in [0, 0.1) is 0 Å². The predicted octanol–water partition coefficient (Wildman–Crippen LogP) is -0.502. The van der Waals surface area contributed by atoms with E-state index in [1.807, 2.05) is 0 Å². The first-order valence-corrected chi connectivity index (χ1v) is 4.63. The summed E-state index contributed by atoms with van der Waals surface area (Å²) in [4.78, 5) is -0.100. The minimum absolute atomic E-state index is 0.0671. The van der Waals surface area contributed by atoms with E-state index < -0.39 is 10.0 Å². The second-order valence-corrected chi connectivity index (χ2v) is 3.87. The summed E-state index contributed by atoms with van der Waals surface area (Å²) in [5.41, 5.74) is 11.2. The number of nitrogen functional groups attached to an aromatic ring is 2. The van der Waals surface area contributed by atoms with E-state index in [0.717, 1.165) is 0 Å². The molecule has 5 nitrogen and oxygen atoms in total. The van der Waals surface area contributed by atoms with Gasteiger partial charge in [-0.15, -0.1) is 0 Å². The Labute approximate surface area is 70.2 Å². The van der Waals surface area contributed by atoms with Crippen molar-refractivity contribution >= 4 is 21.4 Å². The third-order valence-corrected chi connectivity index (χ3v) is 2.33. The maximum absolute atomic E-state index is 10.8. The van der Waals surface area contributed by atoms with Gasteiger partial charge in [0.15, 0.2) is 0 Å². The van der Waals surface area contributed by atoms with E-state index in [0.29, 0.717) is 5.69 Å². The summed E-state index contributed by atoms with van der Waals surface area (Å²) in [5.74, 6) is 0. The molecule has 1 rings (SSSR count). The average molecular weight is 187 g/mol. The van der Waals surface area contributed by atoms with Gasteiger partial charge in [-0.1, -0.05) is 0 Å². The first kappa shape index (κ1) is 8.82. The number of sulfonamides is 1. The van der Waals surface area contributed by atoms with Gasteiger partial charge in [0.1, 0.15) is 4.90 Å². The lowest BCUT2D eigenvalue weighted by molar-refractivity contribution is 0.598. The summed E-state index contributed by atoms with van der Waals surface area (Å²) < 4.78 is 21.6. The molecule has 0 radical (unpaired) electrons. The van der Waals surface area contributed by atoms with Gasteiger partial charge in [0.05, 0.1) is 5.69 Å². The summed E-state index contributed by atoms with van der Waals surface area (Å²) in [7, 11) is -3.73. The maximum atomic E-state index is 10.8. The van der Waals surface area contributed by atoms with Crippen molar-refractivity contribution in [3.8, 4) is 0 Å². The van der Waals surface area contributed by atoms with Gasteiger partial charge >= 0.3 is 0 Å². The molecule has 6 N–H and O–H groups in total. The molecular weight excluding hydrogens is 178 g/mol. The molecule has 0 unspecified atom stereocenters. The number of nitrogens with two attached hydrogens (primary N) is 3. The van der Waals surface area contributed by atoms with Gasteiger partial charge in [0.25, 0.3) is 0 Å². The molecule has 66 valence electrons. The zero-order valence-corrected chi connectivity index (χ0v) is 7.01. The molecule has 12 heavy (non-hydrogen) atoms. The number of hydrogen-bond acceptors (Lipinski definition) is 4. The molecule has 0 saturated heterocycles. The van der Waals surface area contributed by atoms with Crippen LogP contribution in [0.5, 0.6) is 0 Å². The van der Waals surface area contributed by atoms with Gasteiger partial charge in [-0.2, -0.15) is 0 Å². The Morgan fingerprint density at radius 3 is 2.17 bits per heavy atom. The Balaban J connectivity index is 3.39. The first-order valence-electron chi connectivity index (χ1n) is 3.09. The molecule has 0 aromatic heterocycles. The molecule has 0 aliphatic carbocycles. The largest absolute Gasteiger partial charge is 0.399 e. The minimum Gasteiger partial charge on any atom is -0.399 e. The minimum atomic E-state index is -3.73. The van der Waals surface area contributed by atoms with Crippen LogP contribution < -0.4 is 16.6 Å². The molecule has 1 aromatic carbocycles.